The van der Waals surface area contributed by atoms with Gasteiger partial charge in [0, 0.05) is 31.2 Å². The van der Waals surface area contributed by atoms with Crippen molar-refractivity contribution >= 4 is 17.5 Å². The molecule has 3 rings (SSSR count). The summed E-state index contributed by atoms with van der Waals surface area (Å²) in [5, 5.41) is 2.84. The van der Waals surface area contributed by atoms with E-state index in [0.29, 0.717) is 18.2 Å². The van der Waals surface area contributed by atoms with Crippen LogP contribution in [0.4, 0.5) is 16.0 Å². The van der Waals surface area contributed by atoms with E-state index in [4.69, 9.17) is 0 Å². The molecule has 0 saturated carbocycles. The Morgan fingerprint density at radius 1 is 1.23 bits per heavy atom. The predicted octanol–water partition coefficient (Wildman–Crippen LogP) is 2.47. The van der Waals surface area contributed by atoms with Gasteiger partial charge in [0.25, 0.3) is 0 Å². The van der Waals surface area contributed by atoms with Crippen molar-refractivity contribution in [3.8, 4) is 0 Å². The lowest BCUT2D eigenvalue weighted by molar-refractivity contribution is -0.120. The second-order valence-electron chi connectivity index (χ2n) is 5.33. The standard InChI is InChI=1S/C16H17FN4O/c17-13-4-6-14(7-5-13)20-15(22)12-3-1-10-21(11-12)16-18-8-2-9-19-16/h2,4-9,12H,1,3,10-11H2,(H,20,22). The van der Waals surface area contributed by atoms with Crippen LogP contribution in [-0.4, -0.2) is 29.0 Å². The summed E-state index contributed by atoms with van der Waals surface area (Å²) >= 11 is 0. The molecule has 1 saturated heterocycles. The number of anilines is 2. The Hall–Kier alpha value is -2.50. The minimum atomic E-state index is -0.317. The fourth-order valence-electron chi connectivity index (χ4n) is 2.60. The highest BCUT2D eigenvalue weighted by molar-refractivity contribution is 5.93. The molecule has 1 amide bonds. The first-order valence-corrected chi connectivity index (χ1v) is 7.31. The van der Waals surface area contributed by atoms with Crippen molar-refractivity contribution in [3.63, 3.8) is 0 Å². The van der Waals surface area contributed by atoms with E-state index in [2.05, 4.69) is 15.3 Å². The third kappa shape index (κ3) is 3.39. The monoisotopic (exact) mass is 300 g/mol. The third-order valence-corrected chi connectivity index (χ3v) is 3.74. The van der Waals surface area contributed by atoms with Crippen molar-refractivity contribution in [1.82, 2.24) is 9.97 Å². The van der Waals surface area contributed by atoms with Gasteiger partial charge in [-0.3, -0.25) is 4.79 Å². The van der Waals surface area contributed by atoms with Crippen LogP contribution in [0, 0.1) is 11.7 Å². The zero-order chi connectivity index (χ0) is 15.4. The number of nitrogens with one attached hydrogen (secondary N) is 1. The van der Waals surface area contributed by atoms with Crippen LogP contribution in [0.3, 0.4) is 0 Å². The highest BCUT2D eigenvalue weighted by Gasteiger charge is 2.27. The van der Waals surface area contributed by atoms with Crippen LogP contribution >= 0.6 is 0 Å². The van der Waals surface area contributed by atoms with Crippen molar-refractivity contribution < 1.29 is 9.18 Å². The van der Waals surface area contributed by atoms with Gasteiger partial charge in [-0.1, -0.05) is 0 Å². The summed E-state index contributed by atoms with van der Waals surface area (Å²) in [4.78, 5) is 22.8. The molecule has 0 bridgehead atoms. The summed E-state index contributed by atoms with van der Waals surface area (Å²) in [6.45, 7) is 1.45. The summed E-state index contributed by atoms with van der Waals surface area (Å²) in [6.07, 6.45) is 5.14. The van der Waals surface area contributed by atoms with E-state index in [1.165, 1.54) is 12.1 Å². The van der Waals surface area contributed by atoms with Crippen LogP contribution in [0.5, 0.6) is 0 Å². The number of hydrogen-bond donors (Lipinski definition) is 1. The molecule has 6 heteroatoms. The summed E-state index contributed by atoms with van der Waals surface area (Å²) in [6, 6.07) is 7.57. The molecule has 2 aromatic rings. The molecule has 0 spiro atoms. The summed E-state index contributed by atoms with van der Waals surface area (Å²) in [7, 11) is 0. The molecule has 22 heavy (non-hydrogen) atoms. The molecule has 0 radical (unpaired) electrons. The topological polar surface area (TPSA) is 58.1 Å². The smallest absolute Gasteiger partial charge is 0.229 e. The van der Waals surface area contributed by atoms with Gasteiger partial charge in [-0.05, 0) is 43.2 Å². The fourth-order valence-corrected chi connectivity index (χ4v) is 2.60. The van der Waals surface area contributed by atoms with Gasteiger partial charge in [0.15, 0.2) is 0 Å². The minimum absolute atomic E-state index is 0.0489. The highest BCUT2D eigenvalue weighted by atomic mass is 19.1. The van der Waals surface area contributed by atoms with Crippen LogP contribution < -0.4 is 10.2 Å². The number of carbonyl (C=O) groups excluding carboxylic acids is 1. The molecule has 1 aromatic carbocycles. The Morgan fingerprint density at radius 3 is 2.68 bits per heavy atom. The molecule has 1 aromatic heterocycles. The Balaban J connectivity index is 1.64. The Morgan fingerprint density at radius 2 is 1.95 bits per heavy atom. The molecule has 0 aliphatic carbocycles. The van der Waals surface area contributed by atoms with Crippen LogP contribution in [0.15, 0.2) is 42.7 Å². The second kappa shape index (κ2) is 6.51. The number of carbonyl (C=O) groups is 1. The van der Waals surface area contributed by atoms with E-state index >= 15 is 0 Å². The van der Waals surface area contributed by atoms with Gasteiger partial charge in [0.05, 0.1) is 5.92 Å². The Kier molecular flexibility index (Phi) is 4.27. The molecule has 2 heterocycles. The lowest BCUT2D eigenvalue weighted by Crippen LogP contribution is -2.41. The number of amides is 1. The maximum Gasteiger partial charge on any atom is 0.229 e. The third-order valence-electron chi connectivity index (χ3n) is 3.74. The van der Waals surface area contributed by atoms with Gasteiger partial charge in [0.2, 0.25) is 11.9 Å². The van der Waals surface area contributed by atoms with E-state index in [1.807, 2.05) is 4.90 Å². The van der Waals surface area contributed by atoms with Gasteiger partial charge in [-0.15, -0.1) is 0 Å². The number of hydrogen-bond acceptors (Lipinski definition) is 4. The van der Waals surface area contributed by atoms with E-state index in [1.54, 1.807) is 30.6 Å². The molecule has 1 aliphatic rings. The SMILES string of the molecule is O=C(Nc1ccc(F)cc1)C1CCCN(c2ncccn2)C1. The molecule has 1 N–H and O–H groups in total. The average molecular weight is 300 g/mol. The van der Waals surface area contributed by atoms with Crippen LogP contribution in [0.1, 0.15) is 12.8 Å². The minimum Gasteiger partial charge on any atom is -0.340 e. The highest BCUT2D eigenvalue weighted by Crippen LogP contribution is 2.21. The van der Waals surface area contributed by atoms with E-state index in [0.717, 1.165) is 19.4 Å². The number of halogens is 1. The molecule has 1 atom stereocenters. The van der Waals surface area contributed by atoms with Gasteiger partial charge < -0.3 is 10.2 Å². The van der Waals surface area contributed by atoms with E-state index in [9.17, 15) is 9.18 Å². The number of piperidine rings is 1. The van der Waals surface area contributed by atoms with E-state index < -0.39 is 0 Å². The first kappa shape index (κ1) is 14.4. The van der Waals surface area contributed by atoms with Crippen LogP contribution in [-0.2, 0) is 4.79 Å². The molecule has 5 nitrogen and oxygen atoms in total. The van der Waals surface area contributed by atoms with Crippen molar-refractivity contribution in [2.45, 2.75) is 12.8 Å². The normalized spacial score (nSPS) is 18.0. The maximum atomic E-state index is 12.9. The Labute approximate surface area is 128 Å². The average Bonchev–Trinajstić information content (AvgIpc) is 2.58. The van der Waals surface area contributed by atoms with Crippen LogP contribution in [0.2, 0.25) is 0 Å². The molecule has 114 valence electrons. The summed E-state index contributed by atoms with van der Waals surface area (Å²) in [5.74, 6) is 0.166. The molecule has 1 aliphatic heterocycles. The van der Waals surface area contributed by atoms with Crippen LogP contribution in [0.25, 0.3) is 0 Å². The summed E-state index contributed by atoms with van der Waals surface area (Å²) in [5.41, 5.74) is 0.611. The Bertz CT molecular complexity index is 632. The number of aromatic nitrogens is 2. The van der Waals surface area contributed by atoms with E-state index in [-0.39, 0.29) is 17.6 Å². The van der Waals surface area contributed by atoms with Crippen molar-refractivity contribution in [1.29, 1.82) is 0 Å². The van der Waals surface area contributed by atoms with Gasteiger partial charge >= 0.3 is 0 Å². The fraction of sp³-hybridized carbons (Fsp3) is 0.312. The lowest BCUT2D eigenvalue weighted by Gasteiger charge is -2.31. The number of nitrogens with zero attached hydrogens (tertiary/aromatic N) is 3. The van der Waals surface area contributed by atoms with Crippen molar-refractivity contribution in [2.75, 3.05) is 23.3 Å². The summed E-state index contributed by atoms with van der Waals surface area (Å²) < 4.78 is 12.9. The first-order valence-electron chi connectivity index (χ1n) is 7.31. The molecule has 1 fully saturated rings. The van der Waals surface area contributed by atoms with Gasteiger partial charge in [-0.25, -0.2) is 14.4 Å². The largest absolute Gasteiger partial charge is 0.340 e. The second-order valence-corrected chi connectivity index (χ2v) is 5.33. The zero-order valence-electron chi connectivity index (χ0n) is 12.1. The molecular weight excluding hydrogens is 283 g/mol. The number of benzene rings is 1. The first-order chi connectivity index (χ1) is 10.7. The van der Waals surface area contributed by atoms with Crippen molar-refractivity contribution in [3.05, 3.63) is 48.5 Å². The van der Waals surface area contributed by atoms with Gasteiger partial charge in [0.1, 0.15) is 5.82 Å². The maximum absolute atomic E-state index is 12.9. The quantitative estimate of drug-likeness (QED) is 0.946. The van der Waals surface area contributed by atoms with Crippen molar-refractivity contribution in [2.24, 2.45) is 5.92 Å². The zero-order valence-corrected chi connectivity index (χ0v) is 12.1. The molecular formula is C16H17FN4O. The lowest BCUT2D eigenvalue weighted by atomic mass is 9.97. The van der Waals surface area contributed by atoms with Gasteiger partial charge in [-0.2, -0.15) is 0 Å². The molecule has 1 unspecified atom stereocenters. The predicted molar refractivity (Wildman–Crippen MR) is 82.0 cm³/mol. The number of rotatable bonds is 3.